The molecule has 1 aliphatic carbocycles. The Hall–Kier alpha value is -2.78. The summed E-state index contributed by atoms with van der Waals surface area (Å²) in [5.41, 5.74) is -1.08. The number of hydrogen-bond donors (Lipinski definition) is 2. The zero-order valence-corrected chi connectivity index (χ0v) is 15.5. The lowest BCUT2D eigenvalue weighted by Gasteiger charge is -2.35. The summed E-state index contributed by atoms with van der Waals surface area (Å²) in [5.74, 6) is -0.986. The first kappa shape index (κ1) is 20.9. The highest BCUT2D eigenvalue weighted by molar-refractivity contribution is 5.98. The van der Waals surface area contributed by atoms with Gasteiger partial charge < -0.3 is 25.4 Å². The Kier molecular flexibility index (Phi) is 5.99. The molecule has 158 valence electrons. The maximum absolute atomic E-state index is 12.8. The number of hydrogen-bond acceptors (Lipinski definition) is 4. The van der Waals surface area contributed by atoms with Gasteiger partial charge in [-0.3, -0.25) is 9.59 Å². The van der Waals surface area contributed by atoms with Crippen molar-refractivity contribution in [1.29, 1.82) is 0 Å². The normalized spacial score (nSPS) is 25.0. The lowest BCUT2D eigenvalue weighted by Crippen LogP contribution is -2.49. The van der Waals surface area contributed by atoms with Gasteiger partial charge in [0.2, 0.25) is 5.91 Å². The fraction of sp³-hybridized carbons (Fsp3) is 0.526. The lowest BCUT2D eigenvalue weighted by molar-refractivity contribution is -0.252. The van der Waals surface area contributed by atoms with E-state index in [9.17, 15) is 32.7 Å². The predicted octanol–water partition coefficient (Wildman–Crippen LogP) is 1.28. The molecular weight excluding hydrogens is 391 g/mol. The number of alkyl halides is 3. The summed E-state index contributed by atoms with van der Waals surface area (Å²) in [7, 11) is 0. The second-order valence-electron chi connectivity index (χ2n) is 7.36. The molecule has 2 aliphatic rings. The van der Waals surface area contributed by atoms with Crippen molar-refractivity contribution in [3.05, 3.63) is 35.4 Å². The van der Waals surface area contributed by atoms with E-state index in [1.54, 1.807) is 4.90 Å². The number of nitrogens with one attached hydrogen (secondary N) is 2. The molecule has 1 saturated carbocycles. The Labute approximate surface area is 165 Å². The Morgan fingerprint density at radius 1 is 1.07 bits per heavy atom. The van der Waals surface area contributed by atoms with Crippen molar-refractivity contribution in [2.24, 2.45) is 0 Å². The van der Waals surface area contributed by atoms with Gasteiger partial charge in [0.1, 0.15) is 12.1 Å². The third-order valence-corrected chi connectivity index (χ3v) is 5.46. The van der Waals surface area contributed by atoms with E-state index in [2.05, 4.69) is 10.6 Å². The van der Waals surface area contributed by atoms with Gasteiger partial charge >= 0.3 is 6.18 Å². The van der Waals surface area contributed by atoms with Crippen molar-refractivity contribution in [3.8, 4) is 0 Å². The number of nitrogens with zero attached hydrogens (tertiary/aromatic N) is 1. The monoisotopic (exact) mass is 412 g/mol. The van der Waals surface area contributed by atoms with Gasteiger partial charge in [0, 0.05) is 24.2 Å². The molecule has 0 radical (unpaired) electrons. The fourth-order valence-corrected chi connectivity index (χ4v) is 3.98. The second-order valence-corrected chi connectivity index (χ2v) is 7.36. The molecule has 7 nitrogen and oxygen atoms in total. The highest BCUT2D eigenvalue weighted by Crippen LogP contribution is 2.30. The SMILES string of the molecule is O=C([O-])NC1CCC(N2CC[C@H](NC(=O)c3cccc(C(F)(F)F)c3)C2=O)CC1. The van der Waals surface area contributed by atoms with E-state index in [-0.39, 0.29) is 23.6 Å². The molecule has 0 aromatic heterocycles. The number of carboxylic acid groups (broad SMARTS) is 1. The quantitative estimate of drug-likeness (QED) is 0.778. The molecule has 1 aliphatic heterocycles. The molecular formula is C19H21F3N3O4-. The Morgan fingerprint density at radius 3 is 2.38 bits per heavy atom. The average molecular weight is 412 g/mol. The zero-order valence-electron chi connectivity index (χ0n) is 15.5. The molecule has 0 bridgehead atoms. The molecule has 2 fully saturated rings. The van der Waals surface area contributed by atoms with Crippen LogP contribution in [0.25, 0.3) is 0 Å². The summed E-state index contributed by atoms with van der Waals surface area (Å²) in [6, 6.07) is 3.05. The van der Waals surface area contributed by atoms with Crippen LogP contribution in [-0.2, 0) is 11.0 Å². The molecule has 1 aromatic rings. The van der Waals surface area contributed by atoms with Crippen molar-refractivity contribution in [2.45, 2.75) is 56.4 Å². The molecule has 1 aromatic carbocycles. The summed E-state index contributed by atoms with van der Waals surface area (Å²) < 4.78 is 38.5. The van der Waals surface area contributed by atoms with E-state index in [4.69, 9.17) is 0 Å². The van der Waals surface area contributed by atoms with Crippen LogP contribution in [0.1, 0.15) is 48.0 Å². The van der Waals surface area contributed by atoms with Crippen LogP contribution in [-0.4, -0.2) is 47.5 Å². The van der Waals surface area contributed by atoms with E-state index in [0.717, 1.165) is 18.2 Å². The number of likely N-dealkylation sites (tertiary alicyclic amines) is 1. The summed E-state index contributed by atoms with van der Waals surface area (Å²) in [4.78, 5) is 37.3. The van der Waals surface area contributed by atoms with Gasteiger partial charge in [-0.1, -0.05) is 6.07 Å². The van der Waals surface area contributed by atoms with Crippen molar-refractivity contribution in [3.63, 3.8) is 0 Å². The largest absolute Gasteiger partial charge is 0.530 e. The van der Waals surface area contributed by atoms with Crippen LogP contribution >= 0.6 is 0 Å². The van der Waals surface area contributed by atoms with Gasteiger partial charge in [-0.15, -0.1) is 0 Å². The molecule has 1 heterocycles. The molecule has 0 unspecified atom stereocenters. The maximum atomic E-state index is 12.8. The Bertz CT molecular complexity index is 791. The topological polar surface area (TPSA) is 102 Å². The van der Waals surface area contributed by atoms with Crippen LogP contribution in [0, 0.1) is 0 Å². The van der Waals surface area contributed by atoms with Crippen molar-refractivity contribution in [1.82, 2.24) is 15.5 Å². The molecule has 1 atom stereocenters. The van der Waals surface area contributed by atoms with Gasteiger partial charge in [0.05, 0.1) is 5.56 Å². The lowest BCUT2D eigenvalue weighted by atomic mass is 9.90. The smallest absolute Gasteiger partial charge is 0.416 e. The third-order valence-electron chi connectivity index (χ3n) is 5.46. The van der Waals surface area contributed by atoms with Gasteiger partial charge in [-0.05, 0) is 50.3 Å². The van der Waals surface area contributed by atoms with E-state index >= 15 is 0 Å². The highest BCUT2D eigenvalue weighted by atomic mass is 19.4. The number of rotatable bonds is 4. The summed E-state index contributed by atoms with van der Waals surface area (Å²) in [5, 5.41) is 15.5. The Balaban J connectivity index is 1.57. The highest BCUT2D eigenvalue weighted by Gasteiger charge is 2.38. The molecule has 1 saturated heterocycles. The van der Waals surface area contributed by atoms with Crippen LogP contribution < -0.4 is 15.7 Å². The van der Waals surface area contributed by atoms with Crippen molar-refractivity contribution >= 4 is 17.9 Å². The Morgan fingerprint density at radius 2 is 1.76 bits per heavy atom. The van der Waals surface area contributed by atoms with Crippen LogP contribution in [0.15, 0.2) is 24.3 Å². The van der Waals surface area contributed by atoms with Crippen LogP contribution in [0.3, 0.4) is 0 Å². The minimum Gasteiger partial charge on any atom is -0.530 e. The molecule has 29 heavy (non-hydrogen) atoms. The molecule has 2 N–H and O–H groups in total. The van der Waals surface area contributed by atoms with Gasteiger partial charge in [0.25, 0.3) is 5.91 Å². The third kappa shape index (κ3) is 4.99. The molecule has 3 rings (SSSR count). The van der Waals surface area contributed by atoms with Crippen LogP contribution in [0.2, 0.25) is 0 Å². The molecule has 10 heteroatoms. The van der Waals surface area contributed by atoms with E-state index < -0.39 is 29.8 Å². The minimum atomic E-state index is -4.55. The van der Waals surface area contributed by atoms with Gasteiger partial charge in [-0.25, -0.2) is 0 Å². The number of carbonyl (C=O) groups excluding carboxylic acids is 3. The fourth-order valence-electron chi connectivity index (χ4n) is 3.98. The number of carbonyl (C=O) groups is 3. The first-order valence-electron chi connectivity index (χ1n) is 9.41. The van der Waals surface area contributed by atoms with Gasteiger partial charge in [0.15, 0.2) is 0 Å². The van der Waals surface area contributed by atoms with Crippen molar-refractivity contribution in [2.75, 3.05) is 6.54 Å². The van der Waals surface area contributed by atoms with Crippen molar-refractivity contribution < 1.29 is 32.7 Å². The van der Waals surface area contributed by atoms with E-state index in [1.807, 2.05) is 0 Å². The first-order chi connectivity index (χ1) is 13.6. The molecule has 3 amide bonds. The second kappa shape index (κ2) is 8.30. The zero-order chi connectivity index (χ0) is 21.2. The standard InChI is InChI=1S/C19H22F3N3O4/c20-19(21,22)12-3-1-2-11(10-12)16(26)24-15-8-9-25(17(15)27)14-6-4-13(5-7-14)23-18(28)29/h1-3,10,13-15,23H,4-9H2,(H,24,26)(H,28,29)/p-1/t13?,14?,15-/m0/s1. The summed E-state index contributed by atoms with van der Waals surface area (Å²) in [6.45, 7) is 0.440. The summed E-state index contributed by atoms with van der Waals surface area (Å²) >= 11 is 0. The number of amides is 3. The average Bonchev–Trinajstić information content (AvgIpc) is 3.02. The molecule has 0 spiro atoms. The predicted molar refractivity (Wildman–Crippen MR) is 93.6 cm³/mol. The van der Waals surface area contributed by atoms with Gasteiger partial charge in [-0.2, -0.15) is 13.2 Å². The first-order valence-corrected chi connectivity index (χ1v) is 9.41. The van der Waals surface area contributed by atoms with Crippen LogP contribution in [0.5, 0.6) is 0 Å². The number of benzene rings is 1. The van der Waals surface area contributed by atoms with E-state index in [0.29, 0.717) is 38.6 Å². The van der Waals surface area contributed by atoms with Crippen LogP contribution in [0.4, 0.5) is 18.0 Å². The van der Waals surface area contributed by atoms with E-state index in [1.165, 1.54) is 6.07 Å². The number of halogens is 3. The minimum absolute atomic E-state index is 0.0437. The summed E-state index contributed by atoms with van der Waals surface area (Å²) in [6.07, 6.45) is -3.06. The maximum Gasteiger partial charge on any atom is 0.416 e.